The van der Waals surface area contributed by atoms with Crippen molar-refractivity contribution in [3.8, 4) is 11.5 Å². The minimum atomic E-state index is -0.160. The molecule has 5 nitrogen and oxygen atoms in total. The highest BCUT2D eigenvalue weighted by atomic mass is 32.2. The average molecular weight is 368 g/mol. The summed E-state index contributed by atoms with van der Waals surface area (Å²) in [5.74, 6) is 1.38. The summed E-state index contributed by atoms with van der Waals surface area (Å²) in [7, 11) is 1.62. The topological polar surface area (TPSA) is 59.9 Å². The van der Waals surface area contributed by atoms with E-state index in [2.05, 4.69) is 17.2 Å². The van der Waals surface area contributed by atoms with Crippen molar-refractivity contribution in [2.24, 2.45) is 4.99 Å². The van der Waals surface area contributed by atoms with Gasteiger partial charge in [-0.3, -0.25) is 4.79 Å². The molecule has 0 saturated carbocycles. The maximum atomic E-state index is 12.3. The minimum absolute atomic E-state index is 0.160. The number of carbonyl (C=O) groups excluding carboxylic acids is 1. The van der Waals surface area contributed by atoms with E-state index in [0.29, 0.717) is 16.7 Å². The monoisotopic (exact) mass is 368 g/mol. The second kappa shape index (κ2) is 8.58. The van der Waals surface area contributed by atoms with Gasteiger partial charge in [0, 0.05) is 5.56 Å². The zero-order chi connectivity index (χ0) is 18.4. The number of hydrogen-bond donors (Lipinski definition) is 1. The number of carbonyl (C=O) groups is 1. The lowest BCUT2D eigenvalue weighted by molar-refractivity contribution is -0.115. The molecule has 1 fully saturated rings. The van der Waals surface area contributed by atoms with Gasteiger partial charge in [0.05, 0.1) is 24.3 Å². The quantitative estimate of drug-likeness (QED) is 0.769. The molecule has 0 bridgehead atoms. The summed E-state index contributed by atoms with van der Waals surface area (Å²) >= 11 is 1.31. The molecule has 134 valence electrons. The fraction of sp³-hybridized carbons (Fsp3) is 0.200. The molecule has 3 rings (SSSR count). The molecule has 1 N–H and O–H groups in total. The predicted molar refractivity (Wildman–Crippen MR) is 106 cm³/mol. The Labute approximate surface area is 157 Å². The van der Waals surface area contributed by atoms with Crippen LogP contribution in [-0.4, -0.2) is 24.8 Å². The molecule has 1 heterocycles. The molecule has 2 aromatic carbocycles. The largest absolute Gasteiger partial charge is 0.497 e. The number of hydrogen-bond acceptors (Lipinski definition) is 5. The van der Waals surface area contributed by atoms with Gasteiger partial charge in [0.25, 0.3) is 5.91 Å². The summed E-state index contributed by atoms with van der Waals surface area (Å²) in [5, 5.41) is 3.35. The average Bonchev–Trinajstić information content (AvgIpc) is 3.00. The van der Waals surface area contributed by atoms with Crippen molar-refractivity contribution in [3.05, 3.63) is 59.0 Å². The van der Waals surface area contributed by atoms with Crippen molar-refractivity contribution in [1.82, 2.24) is 5.32 Å². The van der Waals surface area contributed by atoms with E-state index in [1.807, 2.05) is 54.6 Å². The first kappa shape index (κ1) is 18.1. The summed E-state index contributed by atoms with van der Waals surface area (Å²) in [6, 6.07) is 15.0. The van der Waals surface area contributed by atoms with Gasteiger partial charge in [-0.15, -0.1) is 0 Å². The highest BCUT2D eigenvalue weighted by Gasteiger charge is 2.24. The van der Waals surface area contributed by atoms with Crippen LogP contribution in [0.15, 0.2) is 58.4 Å². The van der Waals surface area contributed by atoms with Crippen LogP contribution < -0.4 is 14.8 Å². The maximum absolute atomic E-state index is 12.3. The lowest BCUT2D eigenvalue weighted by Crippen LogP contribution is -2.19. The predicted octanol–water partition coefficient (Wildman–Crippen LogP) is 4.38. The number of ether oxygens (including phenoxy) is 2. The van der Waals surface area contributed by atoms with Crippen molar-refractivity contribution >= 4 is 34.6 Å². The molecular weight excluding hydrogens is 348 g/mol. The van der Waals surface area contributed by atoms with E-state index < -0.39 is 0 Å². The van der Waals surface area contributed by atoms with Crippen LogP contribution in [0.1, 0.15) is 18.9 Å². The zero-order valence-electron chi connectivity index (χ0n) is 14.7. The van der Waals surface area contributed by atoms with E-state index in [0.717, 1.165) is 29.2 Å². The van der Waals surface area contributed by atoms with Gasteiger partial charge in [-0.05, 0) is 54.6 Å². The Morgan fingerprint density at radius 3 is 2.65 bits per heavy atom. The summed E-state index contributed by atoms with van der Waals surface area (Å²) in [6.45, 7) is 2.70. The third-order valence-corrected chi connectivity index (χ3v) is 4.53. The summed E-state index contributed by atoms with van der Waals surface area (Å²) in [6.07, 6.45) is 2.76. The second-order valence-corrected chi connectivity index (χ2v) is 6.60. The van der Waals surface area contributed by atoms with Gasteiger partial charge in [-0.2, -0.15) is 0 Å². The Balaban J connectivity index is 1.79. The molecule has 0 radical (unpaired) electrons. The molecule has 1 saturated heterocycles. The van der Waals surface area contributed by atoms with Crippen LogP contribution in [-0.2, 0) is 4.79 Å². The highest BCUT2D eigenvalue weighted by Crippen LogP contribution is 2.31. The molecule has 1 aliphatic heterocycles. The van der Waals surface area contributed by atoms with E-state index in [1.54, 1.807) is 7.11 Å². The zero-order valence-corrected chi connectivity index (χ0v) is 15.5. The van der Waals surface area contributed by atoms with E-state index in [4.69, 9.17) is 9.47 Å². The SMILES string of the molecule is CCCOc1ccccc1/C=C1\SC(=Nc2ccc(OC)cc2)NC1=O. The lowest BCUT2D eigenvalue weighted by Gasteiger charge is -2.07. The van der Waals surface area contributed by atoms with Crippen molar-refractivity contribution in [1.29, 1.82) is 0 Å². The highest BCUT2D eigenvalue weighted by molar-refractivity contribution is 8.18. The Kier molecular flexibility index (Phi) is 5.96. The van der Waals surface area contributed by atoms with Crippen LogP contribution in [0.2, 0.25) is 0 Å². The number of amides is 1. The van der Waals surface area contributed by atoms with E-state index in [-0.39, 0.29) is 5.91 Å². The molecule has 0 aromatic heterocycles. The number of nitrogens with one attached hydrogen (secondary N) is 1. The van der Waals surface area contributed by atoms with Gasteiger partial charge < -0.3 is 14.8 Å². The molecule has 1 amide bonds. The number of rotatable bonds is 6. The Bertz CT molecular complexity index is 844. The fourth-order valence-electron chi connectivity index (χ4n) is 2.34. The first-order chi connectivity index (χ1) is 12.7. The van der Waals surface area contributed by atoms with Crippen molar-refractivity contribution in [2.75, 3.05) is 13.7 Å². The van der Waals surface area contributed by atoms with Crippen LogP contribution in [0.5, 0.6) is 11.5 Å². The lowest BCUT2D eigenvalue weighted by atomic mass is 10.2. The number of amidine groups is 1. The van der Waals surface area contributed by atoms with Crippen molar-refractivity contribution in [3.63, 3.8) is 0 Å². The van der Waals surface area contributed by atoms with E-state index in [9.17, 15) is 4.79 Å². The first-order valence-corrected chi connectivity index (χ1v) is 9.16. The number of benzene rings is 2. The van der Waals surface area contributed by atoms with Crippen molar-refractivity contribution in [2.45, 2.75) is 13.3 Å². The van der Waals surface area contributed by atoms with Gasteiger partial charge in [-0.1, -0.05) is 25.1 Å². The van der Waals surface area contributed by atoms with Crippen LogP contribution in [0.4, 0.5) is 5.69 Å². The Hall–Kier alpha value is -2.73. The van der Waals surface area contributed by atoms with Crippen LogP contribution in [0.3, 0.4) is 0 Å². The number of thioether (sulfide) groups is 1. The Morgan fingerprint density at radius 2 is 1.92 bits per heavy atom. The molecular formula is C20H20N2O3S. The number of nitrogens with zero attached hydrogens (tertiary/aromatic N) is 1. The molecule has 0 aliphatic carbocycles. The molecule has 0 unspecified atom stereocenters. The van der Waals surface area contributed by atoms with Crippen LogP contribution in [0, 0.1) is 0 Å². The van der Waals surface area contributed by atoms with Crippen LogP contribution >= 0.6 is 11.8 Å². The number of aliphatic imine (C=N–C) groups is 1. The third-order valence-electron chi connectivity index (χ3n) is 3.62. The van der Waals surface area contributed by atoms with Gasteiger partial charge >= 0.3 is 0 Å². The van der Waals surface area contributed by atoms with E-state index >= 15 is 0 Å². The van der Waals surface area contributed by atoms with Gasteiger partial charge in [-0.25, -0.2) is 4.99 Å². The molecule has 0 spiro atoms. The summed E-state index contributed by atoms with van der Waals surface area (Å²) in [5.41, 5.74) is 1.63. The maximum Gasteiger partial charge on any atom is 0.264 e. The fourth-order valence-corrected chi connectivity index (χ4v) is 3.17. The summed E-state index contributed by atoms with van der Waals surface area (Å²) < 4.78 is 10.9. The van der Waals surface area contributed by atoms with Crippen LogP contribution in [0.25, 0.3) is 6.08 Å². The van der Waals surface area contributed by atoms with Crippen molar-refractivity contribution < 1.29 is 14.3 Å². The van der Waals surface area contributed by atoms with E-state index in [1.165, 1.54) is 11.8 Å². The third kappa shape index (κ3) is 4.46. The molecule has 1 aliphatic rings. The molecule has 2 aromatic rings. The second-order valence-electron chi connectivity index (χ2n) is 5.57. The smallest absolute Gasteiger partial charge is 0.264 e. The summed E-state index contributed by atoms with van der Waals surface area (Å²) in [4.78, 5) is 17.3. The minimum Gasteiger partial charge on any atom is -0.497 e. The van der Waals surface area contributed by atoms with Gasteiger partial charge in [0.15, 0.2) is 5.17 Å². The van der Waals surface area contributed by atoms with Gasteiger partial charge in [0.1, 0.15) is 11.5 Å². The standard InChI is InChI=1S/C20H20N2O3S/c1-3-12-25-17-7-5-4-6-14(17)13-18-19(23)22-20(26-18)21-15-8-10-16(24-2)11-9-15/h4-11,13H,3,12H2,1-2H3,(H,21,22,23)/b18-13-. The molecule has 26 heavy (non-hydrogen) atoms. The number of methoxy groups -OCH3 is 1. The Morgan fingerprint density at radius 1 is 1.15 bits per heavy atom. The first-order valence-electron chi connectivity index (χ1n) is 8.35. The number of para-hydroxylation sites is 1. The molecule has 0 atom stereocenters. The molecule has 6 heteroatoms. The normalized spacial score (nSPS) is 16.8. The van der Waals surface area contributed by atoms with Gasteiger partial charge in [0.2, 0.25) is 0 Å².